The molecule has 1 heterocycles. The predicted molar refractivity (Wildman–Crippen MR) is 81.5 cm³/mol. The number of rotatable bonds is 3. The van der Waals surface area contributed by atoms with Crippen molar-refractivity contribution >= 4 is 27.3 Å². The molecule has 0 unspecified atom stereocenters. The summed E-state index contributed by atoms with van der Waals surface area (Å²) in [6.07, 6.45) is 0.986. The van der Waals surface area contributed by atoms with E-state index >= 15 is 0 Å². The maximum Gasteiger partial charge on any atom is 0.127 e. The number of nitrogen functional groups attached to an aromatic ring is 1. The molecule has 0 saturated carbocycles. The lowest BCUT2D eigenvalue weighted by atomic mass is 10.1. The van der Waals surface area contributed by atoms with Crippen molar-refractivity contribution in [2.75, 3.05) is 17.7 Å². The molecule has 1 aliphatic heterocycles. The van der Waals surface area contributed by atoms with Crippen LogP contribution in [-0.2, 0) is 13.0 Å². The molecule has 19 heavy (non-hydrogen) atoms. The molecule has 0 saturated heterocycles. The van der Waals surface area contributed by atoms with Crippen molar-refractivity contribution < 1.29 is 4.74 Å². The number of anilines is 2. The SMILES string of the molecule is Nc1cccc(NCc2cc(Br)cc3c2OCC3)c1. The van der Waals surface area contributed by atoms with Gasteiger partial charge < -0.3 is 15.8 Å². The first-order valence-electron chi connectivity index (χ1n) is 6.26. The van der Waals surface area contributed by atoms with E-state index in [1.807, 2.05) is 24.3 Å². The van der Waals surface area contributed by atoms with Crippen molar-refractivity contribution in [1.29, 1.82) is 0 Å². The molecule has 0 bridgehead atoms. The Morgan fingerprint density at radius 2 is 2.16 bits per heavy atom. The number of hydrogen-bond donors (Lipinski definition) is 2. The summed E-state index contributed by atoms with van der Waals surface area (Å²) < 4.78 is 6.81. The number of nitrogens with one attached hydrogen (secondary N) is 1. The molecule has 2 aromatic carbocycles. The lowest BCUT2D eigenvalue weighted by Gasteiger charge is -2.11. The summed E-state index contributed by atoms with van der Waals surface area (Å²) >= 11 is 3.55. The third-order valence-electron chi connectivity index (χ3n) is 3.19. The third-order valence-corrected chi connectivity index (χ3v) is 3.65. The van der Waals surface area contributed by atoms with Gasteiger partial charge in [0.2, 0.25) is 0 Å². The summed E-state index contributed by atoms with van der Waals surface area (Å²) in [6, 6.07) is 12.0. The maximum absolute atomic E-state index is 5.77. The van der Waals surface area contributed by atoms with E-state index in [2.05, 4.69) is 33.4 Å². The fourth-order valence-corrected chi connectivity index (χ4v) is 2.88. The molecule has 2 aromatic rings. The largest absolute Gasteiger partial charge is 0.493 e. The number of nitrogens with two attached hydrogens (primary N) is 1. The minimum Gasteiger partial charge on any atom is -0.493 e. The van der Waals surface area contributed by atoms with Crippen LogP contribution in [0.4, 0.5) is 11.4 Å². The van der Waals surface area contributed by atoms with Gasteiger partial charge in [-0.25, -0.2) is 0 Å². The third kappa shape index (κ3) is 2.68. The molecule has 0 spiro atoms. The molecule has 0 radical (unpaired) electrons. The van der Waals surface area contributed by atoms with E-state index in [1.54, 1.807) is 0 Å². The van der Waals surface area contributed by atoms with Gasteiger partial charge in [-0.3, -0.25) is 0 Å². The molecule has 0 amide bonds. The van der Waals surface area contributed by atoms with Crippen LogP contribution < -0.4 is 15.8 Å². The fraction of sp³-hybridized carbons (Fsp3) is 0.200. The molecule has 0 aromatic heterocycles. The van der Waals surface area contributed by atoms with E-state index in [-0.39, 0.29) is 0 Å². The van der Waals surface area contributed by atoms with E-state index in [0.29, 0.717) is 0 Å². The van der Waals surface area contributed by atoms with Crippen LogP contribution in [0.1, 0.15) is 11.1 Å². The van der Waals surface area contributed by atoms with Crippen molar-refractivity contribution in [3.8, 4) is 5.75 Å². The molecular weight excluding hydrogens is 304 g/mol. The van der Waals surface area contributed by atoms with Crippen molar-refractivity contribution in [3.05, 3.63) is 52.0 Å². The van der Waals surface area contributed by atoms with Crippen LogP contribution in [0.3, 0.4) is 0 Å². The Hall–Kier alpha value is -1.68. The topological polar surface area (TPSA) is 47.3 Å². The maximum atomic E-state index is 5.77. The molecule has 0 atom stereocenters. The highest BCUT2D eigenvalue weighted by atomic mass is 79.9. The average molecular weight is 319 g/mol. The highest BCUT2D eigenvalue weighted by Gasteiger charge is 2.17. The van der Waals surface area contributed by atoms with E-state index in [9.17, 15) is 0 Å². The Morgan fingerprint density at radius 1 is 1.26 bits per heavy atom. The molecule has 1 aliphatic rings. The van der Waals surface area contributed by atoms with Gasteiger partial charge in [0.1, 0.15) is 5.75 Å². The van der Waals surface area contributed by atoms with Gasteiger partial charge in [0.15, 0.2) is 0 Å². The highest BCUT2D eigenvalue weighted by molar-refractivity contribution is 9.10. The van der Waals surface area contributed by atoms with Gasteiger partial charge >= 0.3 is 0 Å². The van der Waals surface area contributed by atoms with E-state index in [4.69, 9.17) is 10.5 Å². The first-order valence-corrected chi connectivity index (χ1v) is 7.05. The van der Waals surface area contributed by atoms with Gasteiger partial charge in [-0.2, -0.15) is 0 Å². The summed E-state index contributed by atoms with van der Waals surface area (Å²) in [5, 5.41) is 3.38. The second-order valence-electron chi connectivity index (χ2n) is 4.63. The Kier molecular flexibility index (Phi) is 3.34. The zero-order valence-electron chi connectivity index (χ0n) is 10.4. The Balaban J connectivity index is 1.81. The summed E-state index contributed by atoms with van der Waals surface area (Å²) in [7, 11) is 0. The van der Waals surface area contributed by atoms with Crippen molar-refractivity contribution in [2.45, 2.75) is 13.0 Å². The zero-order valence-corrected chi connectivity index (χ0v) is 12.0. The zero-order chi connectivity index (χ0) is 13.2. The Labute approximate surface area is 120 Å². The molecule has 3 rings (SSSR count). The lowest BCUT2D eigenvalue weighted by molar-refractivity contribution is 0.354. The van der Waals surface area contributed by atoms with Crippen molar-refractivity contribution in [2.24, 2.45) is 0 Å². The monoisotopic (exact) mass is 318 g/mol. The molecule has 0 aliphatic carbocycles. The number of ether oxygens (including phenoxy) is 1. The van der Waals surface area contributed by atoms with Gasteiger partial charge in [0.05, 0.1) is 6.61 Å². The molecular formula is C15H15BrN2O. The second kappa shape index (κ2) is 5.13. The summed E-state index contributed by atoms with van der Waals surface area (Å²) in [5.74, 6) is 1.03. The summed E-state index contributed by atoms with van der Waals surface area (Å²) in [5.41, 5.74) is 10.0. The highest BCUT2D eigenvalue weighted by Crippen LogP contribution is 2.33. The van der Waals surface area contributed by atoms with Crippen molar-refractivity contribution in [3.63, 3.8) is 0 Å². The normalized spacial score (nSPS) is 12.9. The van der Waals surface area contributed by atoms with E-state index in [0.717, 1.165) is 41.2 Å². The number of fused-ring (bicyclic) bond motifs is 1. The van der Waals surface area contributed by atoms with Gasteiger partial charge in [0.25, 0.3) is 0 Å². The minimum absolute atomic E-state index is 0.727. The first kappa shape index (κ1) is 12.4. The number of halogens is 1. The van der Waals surface area contributed by atoms with Crippen molar-refractivity contribution in [1.82, 2.24) is 0 Å². The molecule has 0 fully saturated rings. The van der Waals surface area contributed by atoms with Gasteiger partial charge in [0, 0.05) is 34.4 Å². The van der Waals surface area contributed by atoms with Gasteiger partial charge in [-0.05, 0) is 35.9 Å². The predicted octanol–water partition coefficient (Wildman–Crippen LogP) is 3.58. The Bertz CT molecular complexity index is 613. The standard InChI is InChI=1S/C15H15BrN2O/c16-12-6-10-4-5-19-15(10)11(7-12)9-18-14-3-1-2-13(17)8-14/h1-3,6-8,18H,4-5,9,17H2. The smallest absolute Gasteiger partial charge is 0.127 e. The van der Waals surface area contributed by atoms with Crippen LogP contribution in [0.2, 0.25) is 0 Å². The van der Waals surface area contributed by atoms with Crippen LogP contribution in [0, 0.1) is 0 Å². The number of benzene rings is 2. The van der Waals surface area contributed by atoms with Crippen LogP contribution in [0.5, 0.6) is 5.75 Å². The molecule has 98 valence electrons. The Morgan fingerprint density at radius 3 is 3.00 bits per heavy atom. The summed E-state index contributed by atoms with van der Waals surface area (Å²) in [6.45, 7) is 1.50. The average Bonchev–Trinajstić information content (AvgIpc) is 2.84. The number of hydrogen-bond acceptors (Lipinski definition) is 3. The van der Waals surface area contributed by atoms with Crippen LogP contribution in [0.15, 0.2) is 40.9 Å². The van der Waals surface area contributed by atoms with Gasteiger partial charge in [-0.1, -0.05) is 22.0 Å². The van der Waals surface area contributed by atoms with Crippen LogP contribution in [-0.4, -0.2) is 6.61 Å². The fourth-order valence-electron chi connectivity index (χ4n) is 2.32. The van der Waals surface area contributed by atoms with E-state index in [1.165, 1.54) is 11.1 Å². The van der Waals surface area contributed by atoms with Crippen LogP contribution in [0.25, 0.3) is 0 Å². The molecule has 3 nitrogen and oxygen atoms in total. The second-order valence-corrected chi connectivity index (χ2v) is 5.55. The lowest BCUT2D eigenvalue weighted by Crippen LogP contribution is -2.02. The molecule has 4 heteroatoms. The molecule has 3 N–H and O–H groups in total. The first-order chi connectivity index (χ1) is 9.22. The quantitative estimate of drug-likeness (QED) is 0.850. The van der Waals surface area contributed by atoms with Crippen LogP contribution >= 0.6 is 15.9 Å². The van der Waals surface area contributed by atoms with E-state index < -0.39 is 0 Å². The van der Waals surface area contributed by atoms with Gasteiger partial charge in [-0.15, -0.1) is 0 Å². The minimum atomic E-state index is 0.727. The summed E-state index contributed by atoms with van der Waals surface area (Å²) in [4.78, 5) is 0.